The van der Waals surface area contributed by atoms with Crippen LogP contribution in [-0.4, -0.2) is 91.4 Å². The number of aliphatic hydroxyl groups excluding tert-OH is 3. The van der Waals surface area contributed by atoms with Gasteiger partial charge in [0, 0.05) is 30.1 Å². The molecule has 0 bridgehead atoms. The van der Waals surface area contributed by atoms with Crippen LogP contribution in [0.4, 0.5) is 0 Å². The third-order valence-electron chi connectivity index (χ3n) is 8.82. The number of aliphatic hydroxyl groups is 5. The maximum Gasteiger partial charge on any atom is 0.311 e. The summed E-state index contributed by atoms with van der Waals surface area (Å²) in [5, 5.41) is 54.5. The molecule has 10 heteroatoms. The molecule has 2 aliphatic heterocycles. The predicted molar refractivity (Wildman–Crippen MR) is 139 cm³/mol. The Balaban J connectivity index is 2.49. The van der Waals surface area contributed by atoms with Gasteiger partial charge in [-0.25, -0.2) is 0 Å². The lowest BCUT2D eigenvalue weighted by Crippen LogP contribution is -2.57. The number of hydrogen-bond donors (Lipinski definition) is 5. The molecule has 2 saturated heterocycles. The lowest BCUT2D eigenvalue weighted by Gasteiger charge is -2.45. The Morgan fingerprint density at radius 1 is 0.868 bits per heavy atom. The Morgan fingerprint density at radius 2 is 1.42 bits per heavy atom. The van der Waals surface area contributed by atoms with Crippen molar-refractivity contribution in [2.75, 3.05) is 0 Å². The summed E-state index contributed by atoms with van der Waals surface area (Å²) in [6.07, 6.45) is -6.81. The molecule has 222 valence electrons. The molecular formula is C28H50O10. The Hall–Kier alpha value is -1.14. The van der Waals surface area contributed by atoms with Crippen molar-refractivity contribution in [1.82, 2.24) is 0 Å². The van der Waals surface area contributed by atoms with E-state index in [1.807, 2.05) is 6.92 Å². The minimum absolute atomic E-state index is 0.0661. The molecule has 0 aromatic heterocycles. The van der Waals surface area contributed by atoms with Crippen LogP contribution in [0.3, 0.4) is 0 Å². The van der Waals surface area contributed by atoms with Crippen LogP contribution in [-0.2, 0) is 23.8 Å². The van der Waals surface area contributed by atoms with Gasteiger partial charge in [0.15, 0.2) is 6.29 Å². The van der Waals surface area contributed by atoms with E-state index >= 15 is 0 Å². The second-order valence-electron chi connectivity index (χ2n) is 12.4. The van der Waals surface area contributed by atoms with E-state index in [-0.39, 0.29) is 18.6 Å². The fourth-order valence-electron chi connectivity index (χ4n) is 6.11. The highest BCUT2D eigenvalue weighted by Crippen LogP contribution is 2.37. The Labute approximate surface area is 226 Å². The van der Waals surface area contributed by atoms with Crippen LogP contribution in [0.5, 0.6) is 0 Å². The number of hydrogen-bond acceptors (Lipinski definition) is 10. The van der Waals surface area contributed by atoms with E-state index in [9.17, 15) is 35.1 Å². The third kappa shape index (κ3) is 7.13. The summed E-state index contributed by atoms with van der Waals surface area (Å²) in [5.74, 6) is -4.59. The molecule has 0 amide bonds. The zero-order chi connectivity index (χ0) is 29.3. The van der Waals surface area contributed by atoms with Gasteiger partial charge in [-0.05, 0) is 40.5 Å². The largest absolute Gasteiger partial charge is 0.462 e. The van der Waals surface area contributed by atoms with Crippen molar-refractivity contribution in [3.63, 3.8) is 0 Å². The standard InChI is InChI=1S/C28H50O10/c1-10-19-14(3)22(30)15(4)21(29)13(2)11-27(8,34)24(31)16(5)23(17(6)26(33)37-19)38-20-12-28(9,35)25(32)18(7)36-20/h13-20,22-25,30-32,34-35H,10-12H2,1-9H3/t13-,14+,15+,16+,17-,18+,19?,20+,22+,23+,24-,25+,27-,28-/m1/s1. The Kier molecular flexibility index (Phi) is 10.9. The zero-order valence-electron chi connectivity index (χ0n) is 24.3. The molecule has 2 heterocycles. The van der Waals surface area contributed by atoms with E-state index in [2.05, 4.69) is 0 Å². The molecule has 0 aliphatic carbocycles. The number of Topliss-reactive ketones (excluding diaryl/α,β-unsaturated/α-hetero) is 1. The number of carbonyl (C=O) groups is 2. The molecule has 1 unspecified atom stereocenters. The molecule has 38 heavy (non-hydrogen) atoms. The number of ether oxygens (including phenoxy) is 3. The number of ketones is 1. The minimum atomic E-state index is -1.73. The molecule has 0 radical (unpaired) electrons. The van der Waals surface area contributed by atoms with Crippen LogP contribution >= 0.6 is 0 Å². The van der Waals surface area contributed by atoms with Crippen LogP contribution in [0.1, 0.15) is 81.6 Å². The molecule has 5 N–H and O–H groups in total. The van der Waals surface area contributed by atoms with Crippen molar-refractivity contribution in [3.05, 3.63) is 0 Å². The Morgan fingerprint density at radius 3 is 1.95 bits per heavy atom. The van der Waals surface area contributed by atoms with Gasteiger partial charge in [0.1, 0.15) is 18.0 Å². The maximum atomic E-state index is 13.4. The zero-order valence-corrected chi connectivity index (χ0v) is 24.3. The molecule has 10 nitrogen and oxygen atoms in total. The van der Waals surface area contributed by atoms with E-state index < -0.39 is 89.7 Å². The molecule has 2 rings (SSSR count). The highest BCUT2D eigenvalue weighted by atomic mass is 16.7. The first kappa shape index (κ1) is 33.1. The lowest BCUT2D eigenvalue weighted by atomic mass is 9.75. The monoisotopic (exact) mass is 546 g/mol. The van der Waals surface area contributed by atoms with E-state index in [1.54, 1.807) is 41.5 Å². The second-order valence-corrected chi connectivity index (χ2v) is 12.4. The van der Waals surface area contributed by atoms with Gasteiger partial charge >= 0.3 is 5.97 Å². The highest BCUT2D eigenvalue weighted by Gasteiger charge is 2.49. The highest BCUT2D eigenvalue weighted by molar-refractivity contribution is 5.83. The Bertz CT molecular complexity index is 813. The minimum Gasteiger partial charge on any atom is -0.462 e. The van der Waals surface area contributed by atoms with Crippen LogP contribution in [0.25, 0.3) is 0 Å². The molecule has 0 aromatic carbocycles. The molecule has 2 aliphatic rings. The fraction of sp³-hybridized carbons (Fsp3) is 0.929. The van der Waals surface area contributed by atoms with Gasteiger partial charge in [0.2, 0.25) is 0 Å². The van der Waals surface area contributed by atoms with E-state index in [1.165, 1.54) is 13.8 Å². The summed E-state index contributed by atoms with van der Waals surface area (Å²) in [5.41, 5.74) is -3.24. The quantitative estimate of drug-likeness (QED) is 0.328. The summed E-state index contributed by atoms with van der Waals surface area (Å²) < 4.78 is 17.8. The van der Waals surface area contributed by atoms with Crippen LogP contribution in [0.2, 0.25) is 0 Å². The summed E-state index contributed by atoms with van der Waals surface area (Å²) in [7, 11) is 0. The first-order valence-electron chi connectivity index (χ1n) is 13.9. The number of carbonyl (C=O) groups excluding carboxylic acids is 2. The predicted octanol–water partition coefficient (Wildman–Crippen LogP) is 1.57. The number of rotatable bonds is 3. The van der Waals surface area contributed by atoms with E-state index in [0.717, 1.165) is 0 Å². The van der Waals surface area contributed by atoms with Crippen molar-refractivity contribution in [3.8, 4) is 0 Å². The molecule has 0 spiro atoms. The van der Waals surface area contributed by atoms with Crippen LogP contribution in [0, 0.1) is 29.6 Å². The summed E-state index contributed by atoms with van der Waals surface area (Å²) in [4.78, 5) is 26.5. The average Bonchev–Trinajstić information content (AvgIpc) is 2.84. The summed E-state index contributed by atoms with van der Waals surface area (Å²) in [6.45, 7) is 14.6. The lowest BCUT2D eigenvalue weighted by molar-refractivity contribution is -0.295. The van der Waals surface area contributed by atoms with Gasteiger partial charge < -0.3 is 39.7 Å². The molecule has 0 aromatic rings. The van der Waals surface area contributed by atoms with Gasteiger partial charge in [-0.15, -0.1) is 0 Å². The molecule has 2 fully saturated rings. The molecular weight excluding hydrogens is 496 g/mol. The normalized spacial score (nSPS) is 50.3. The maximum absolute atomic E-state index is 13.4. The van der Waals surface area contributed by atoms with Crippen molar-refractivity contribution in [1.29, 1.82) is 0 Å². The van der Waals surface area contributed by atoms with Crippen molar-refractivity contribution in [2.45, 2.75) is 136 Å². The fourth-order valence-corrected chi connectivity index (χ4v) is 6.11. The summed E-state index contributed by atoms with van der Waals surface area (Å²) in [6, 6.07) is 0. The van der Waals surface area contributed by atoms with Crippen molar-refractivity contribution in [2.24, 2.45) is 29.6 Å². The first-order valence-corrected chi connectivity index (χ1v) is 13.9. The molecule has 14 atom stereocenters. The smallest absolute Gasteiger partial charge is 0.311 e. The molecule has 0 saturated carbocycles. The number of esters is 1. The van der Waals surface area contributed by atoms with E-state index in [0.29, 0.717) is 6.42 Å². The first-order chi connectivity index (χ1) is 17.3. The SMILES string of the molecule is CCC1OC(=O)[C@H](C)[C@@H](O[C@H]2C[C@@](C)(O)[C@@H](O)[C@H](C)O2)[C@H](C)[C@@H](O)[C@](C)(O)C[C@@H](C)C(=O)[C@H](C)[C@@H](O)[C@H]1C. The van der Waals surface area contributed by atoms with Gasteiger partial charge in [-0.3, -0.25) is 9.59 Å². The van der Waals surface area contributed by atoms with Gasteiger partial charge in [-0.1, -0.05) is 34.6 Å². The van der Waals surface area contributed by atoms with Gasteiger partial charge in [0.25, 0.3) is 0 Å². The van der Waals surface area contributed by atoms with E-state index in [4.69, 9.17) is 14.2 Å². The summed E-state index contributed by atoms with van der Waals surface area (Å²) >= 11 is 0. The van der Waals surface area contributed by atoms with Gasteiger partial charge in [0.05, 0.1) is 41.5 Å². The van der Waals surface area contributed by atoms with Gasteiger partial charge in [-0.2, -0.15) is 0 Å². The van der Waals surface area contributed by atoms with Crippen LogP contribution < -0.4 is 0 Å². The third-order valence-corrected chi connectivity index (χ3v) is 8.82. The van der Waals surface area contributed by atoms with Crippen LogP contribution in [0.15, 0.2) is 0 Å². The average molecular weight is 547 g/mol. The topological polar surface area (TPSA) is 163 Å². The second kappa shape index (κ2) is 12.6. The van der Waals surface area contributed by atoms with Crippen molar-refractivity contribution >= 4 is 11.8 Å². The number of cyclic esters (lactones) is 1. The van der Waals surface area contributed by atoms with Crippen molar-refractivity contribution < 1.29 is 49.3 Å².